The average molecular weight is 276 g/mol. The van der Waals surface area contributed by atoms with E-state index in [0.29, 0.717) is 5.41 Å². The maximum atomic E-state index is 3.50. The average Bonchev–Trinajstić information content (AvgIpc) is 2.47. The van der Waals surface area contributed by atoms with Gasteiger partial charge in [0.2, 0.25) is 0 Å². The lowest BCUT2D eigenvalue weighted by atomic mass is 9.88. The minimum atomic E-state index is 0.348. The summed E-state index contributed by atoms with van der Waals surface area (Å²) in [5, 5.41) is 3.41. The van der Waals surface area contributed by atoms with Crippen LogP contribution in [0.5, 0.6) is 0 Å². The Bertz CT molecular complexity index is 281. The summed E-state index contributed by atoms with van der Waals surface area (Å²) >= 11 is 5.33. The third kappa shape index (κ3) is 4.11. The Hall–Kier alpha value is 0.140. The first kappa shape index (κ1) is 12.2. The number of nitrogens with one attached hydrogen (secondary N) is 1. The Morgan fingerprint density at radius 2 is 2.14 bits per heavy atom. The molecule has 0 radical (unpaired) electrons. The van der Waals surface area contributed by atoms with Crippen molar-refractivity contribution in [2.24, 2.45) is 5.41 Å². The summed E-state index contributed by atoms with van der Waals surface area (Å²) in [4.78, 5) is 1.46. The second-order valence-electron chi connectivity index (χ2n) is 4.33. The Balaban J connectivity index is 2.49. The lowest BCUT2D eigenvalue weighted by Gasteiger charge is -2.24. The monoisotopic (exact) mass is 275 g/mol. The predicted octanol–water partition coefficient (Wildman–Crippen LogP) is 3.69. The second kappa shape index (κ2) is 5.29. The SMILES string of the molecule is CCNCC(C)(C)Cc1ccc(Br)s1. The van der Waals surface area contributed by atoms with Crippen molar-refractivity contribution in [3.05, 3.63) is 20.8 Å². The van der Waals surface area contributed by atoms with Crippen LogP contribution in [0.4, 0.5) is 0 Å². The molecule has 1 rings (SSSR count). The highest BCUT2D eigenvalue weighted by atomic mass is 79.9. The highest BCUT2D eigenvalue weighted by Crippen LogP contribution is 2.28. The molecule has 0 aromatic carbocycles. The van der Waals surface area contributed by atoms with Crippen LogP contribution < -0.4 is 5.32 Å². The van der Waals surface area contributed by atoms with Crippen molar-refractivity contribution in [3.8, 4) is 0 Å². The maximum Gasteiger partial charge on any atom is 0.0701 e. The van der Waals surface area contributed by atoms with Crippen molar-refractivity contribution >= 4 is 27.3 Å². The first-order chi connectivity index (χ1) is 6.53. The zero-order chi connectivity index (χ0) is 10.6. The highest BCUT2D eigenvalue weighted by Gasteiger charge is 2.18. The number of thiophene rings is 1. The molecular weight excluding hydrogens is 258 g/mol. The van der Waals surface area contributed by atoms with Crippen LogP contribution in [0.25, 0.3) is 0 Å². The summed E-state index contributed by atoms with van der Waals surface area (Å²) in [5.74, 6) is 0. The minimum absolute atomic E-state index is 0.348. The molecule has 1 heterocycles. The zero-order valence-electron chi connectivity index (χ0n) is 9.06. The van der Waals surface area contributed by atoms with Gasteiger partial charge in [-0.1, -0.05) is 20.8 Å². The van der Waals surface area contributed by atoms with E-state index in [1.54, 1.807) is 0 Å². The van der Waals surface area contributed by atoms with Crippen molar-refractivity contribution in [2.45, 2.75) is 27.2 Å². The van der Waals surface area contributed by atoms with Crippen molar-refractivity contribution in [1.82, 2.24) is 5.32 Å². The Kier molecular flexibility index (Phi) is 4.61. The maximum absolute atomic E-state index is 3.50. The summed E-state index contributed by atoms with van der Waals surface area (Å²) in [6, 6.07) is 4.34. The van der Waals surface area contributed by atoms with Crippen LogP contribution in [0, 0.1) is 5.41 Å². The van der Waals surface area contributed by atoms with E-state index in [1.165, 1.54) is 8.66 Å². The number of hydrogen-bond acceptors (Lipinski definition) is 2. The molecule has 80 valence electrons. The topological polar surface area (TPSA) is 12.0 Å². The molecule has 1 aromatic heterocycles. The molecule has 1 nitrogen and oxygen atoms in total. The van der Waals surface area contributed by atoms with Gasteiger partial charge >= 0.3 is 0 Å². The van der Waals surface area contributed by atoms with Crippen molar-refractivity contribution in [1.29, 1.82) is 0 Å². The Morgan fingerprint density at radius 1 is 1.43 bits per heavy atom. The fraction of sp³-hybridized carbons (Fsp3) is 0.636. The molecule has 0 saturated carbocycles. The quantitative estimate of drug-likeness (QED) is 0.865. The smallest absolute Gasteiger partial charge is 0.0701 e. The molecule has 0 amide bonds. The van der Waals surface area contributed by atoms with E-state index in [9.17, 15) is 0 Å². The van der Waals surface area contributed by atoms with Crippen LogP contribution in [0.3, 0.4) is 0 Å². The fourth-order valence-electron chi connectivity index (χ4n) is 1.44. The number of hydrogen-bond donors (Lipinski definition) is 1. The lowest BCUT2D eigenvalue weighted by Crippen LogP contribution is -2.30. The van der Waals surface area contributed by atoms with Crippen LogP contribution in [-0.4, -0.2) is 13.1 Å². The van der Waals surface area contributed by atoms with Crippen LogP contribution >= 0.6 is 27.3 Å². The van der Waals surface area contributed by atoms with E-state index >= 15 is 0 Å². The fourth-order valence-corrected chi connectivity index (χ4v) is 3.19. The summed E-state index contributed by atoms with van der Waals surface area (Å²) in [5.41, 5.74) is 0.348. The van der Waals surface area contributed by atoms with Gasteiger partial charge in [0.25, 0.3) is 0 Å². The van der Waals surface area contributed by atoms with Gasteiger partial charge < -0.3 is 5.32 Å². The molecule has 1 aromatic rings. The molecule has 0 aliphatic heterocycles. The summed E-state index contributed by atoms with van der Waals surface area (Å²) in [7, 11) is 0. The van der Waals surface area contributed by atoms with Gasteiger partial charge in [-0.05, 0) is 46.4 Å². The van der Waals surface area contributed by atoms with E-state index < -0.39 is 0 Å². The van der Waals surface area contributed by atoms with Crippen LogP contribution in [-0.2, 0) is 6.42 Å². The third-order valence-electron chi connectivity index (χ3n) is 2.14. The summed E-state index contributed by atoms with van der Waals surface area (Å²) < 4.78 is 1.23. The van der Waals surface area contributed by atoms with Gasteiger partial charge in [0, 0.05) is 11.4 Å². The van der Waals surface area contributed by atoms with Crippen LogP contribution in [0.1, 0.15) is 25.6 Å². The molecule has 0 aliphatic rings. The largest absolute Gasteiger partial charge is 0.316 e. The molecule has 1 N–H and O–H groups in total. The molecule has 14 heavy (non-hydrogen) atoms. The Morgan fingerprint density at radius 3 is 2.64 bits per heavy atom. The van der Waals surface area contributed by atoms with Gasteiger partial charge in [-0.15, -0.1) is 11.3 Å². The highest BCUT2D eigenvalue weighted by molar-refractivity contribution is 9.11. The first-order valence-electron chi connectivity index (χ1n) is 4.98. The van der Waals surface area contributed by atoms with Crippen molar-refractivity contribution in [2.75, 3.05) is 13.1 Å². The molecule has 0 atom stereocenters. The standard InChI is InChI=1S/C11H18BrNS/c1-4-13-8-11(2,3)7-9-5-6-10(12)14-9/h5-6,13H,4,7-8H2,1-3H3. The summed E-state index contributed by atoms with van der Waals surface area (Å²) in [6.07, 6.45) is 1.15. The minimum Gasteiger partial charge on any atom is -0.316 e. The van der Waals surface area contributed by atoms with Gasteiger partial charge in [0.1, 0.15) is 0 Å². The van der Waals surface area contributed by atoms with Gasteiger partial charge in [0.15, 0.2) is 0 Å². The molecule has 3 heteroatoms. The molecule has 0 unspecified atom stereocenters. The van der Waals surface area contributed by atoms with E-state index in [-0.39, 0.29) is 0 Å². The normalized spacial score (nSPS) is 12.0. The molecule has 0 fully saturated rings. The molecular formula is C11H18BrNS. The summed E-state index contributed by atoms with van der Waals surface area (Å²) in [6.45, 7) is 8.90. The second-order valence-corrected chi connectivity index (χ2v) is 6.87. The van der Waals surface area contributed by atoms with Crippen molar-refractivity contribution < 1.29 is 0 Å². The van der Waals surface area contributed by atoms with Gasteiger partial charge in [-0.3, -0.25) is 0 Å². The third-order valence-corrected chi connectivity index (χ3v) is 3.76. The van der Waals surface area contributed by atoms with Gasteiger partial charge in [0.05, 0.1) is 3.79 Å². The molecule has 0 saturated heterocycles. The van der Waals surface area contributed by atoms with Crippen LogP contribution in [0.15, 0.2) is 15.9 Å². The number of rotatable bonds is 5. The van der Waals surface area contributed by atoms with Gasteiger partial charge in [-0.25, -0.2) is 0 Å². The molecule has 0 spiro atoms. The zero-order valence-corrected chi connectivity index (χ0v) is 11.5. The molecule has 0 bridgehead atoms. The molecule has 0 aliphatic carbocycles. The van der Waals surface area contributed by atoms with Crippen molar-refractivity contribution in [3.63, 3.8) is 0 Å². The van der Waals surface area contributed by atoms with E-state index in [0.717, 1.165) is 19.5 Å². The van der Waals surface area contributed by atoms with E-state index in [1.807, 2.05) is 11.3 Å². The van der Waals surface area contributed by atoms with Crippen LogP contribution in [0.2, 0.25) is 0 Å². The van der Waals surface area contributed by atoms with E-state index in [4.69, 9.17) is 0 Å². The lowest BCUT2D eigenvalue weighted by molar-refractivity contribution is 0.344. The Labute approximate surface area is 99.0 Å². The van der Waals surface area contributed by atoms with Gasteiger partial charge in [-0.2, -0.15) is 0 Å². The van der Waals surface area contributed by atoms with E-state index in [2.05, 4.69) is 54.2 Å². The predicted molar refractivity (Wildman–Crippen MR) is 68.0 cm³/mol. The number of halogens is 1. The first-order valence-corrected chi connectivity index (χ1v) is 6.59.